The summed E-state index contributed by atoms with van der Waals surface area (Å²) in [6, 6.07) is 11.0. The van der Waals surface area contributed by atoms with Gasteiger partial charge in [-0.2, -0.15) is 0 Å². The highest BCUT2D eigenvalue weighted by molar-refractivity contribution is 5.14. The normalized spacial score (nSPS) is 23.2. The van der Waals surface area contributed by atoms with E-state index in [1.54, 1.807) is 0 Å². The molecule has 1 saturated carbocycles. The second kappa shape index (κ2) is 9.25. The zero-order valence-electron chi connectivity index (χ0n) is 14.0. The first-order chi connectivity index (χ1) is 10.3. The molecule has 118 valence electrons. The molecule has 1 heteroatoms. The molecular weight excluding hydrogens is 254 g/mol. The molecule has 1 aromatic carbocycles. The fourth-order valence-electron chi connectivity index (χ4n) is 3.66. The van der Waals surface area contributed by atoms with Gasteiger partial charge in [0, 0.05) is 0 Å². The Morgan fingerprint density at radius 1 is 1.00 bits per heavy atom. The standard InChI is InChI=1S/C20H33N/c1-17(2)15-21-16-20-12-8-4-7-11-19(20)14-13-18-9-5-3-6-10-18/h3,5-6,9-10,17,19-21H,4,7-8,11-16H2,1-2H3. The van der Waals surface area contributed by atoms with Gasteiger partial charge >= 0.3 is 0 Å². The van der Waals surface area contributed by atoms with Crippen molar-refractivity contribution in [2.75, 3.05) is 13.1 Å². The molecule has 0 heterocycles. The van der Waals surface area contributed by atoms with E-state index in [2.05, 4.69) is 49.5 Å². The lowest BCUT2D eigenvalue weighted by atomic mass is 9.83. The molecule has 1 nitrogen and oxygen atoms in total. The van der Waals surface area contributed by atoms with Crippen LogP contribution in [0, 0.1) is 17.8 Å². The predicted molar refractivity (Wildman–Crippen MR) is 92.5 cm³/mol. The monoisotopic (exact) mass is 287 g/mol. The summed E-state index contributed by atoms with van der Waals surface area (Å²) in [5.74, 6) is 2.58. The van der Waals surface area contributed by atoms with E-state index in [9.17, 15) is 0 Å². The number of hydrogen-bond donors (Lipinski definition) is 1. The van der Waals surface area contributed by atoms with Crippen LogP contribution < -0.4 is 5.32 Å². The van der Waals surface area contributed by atoms with Crippen LogP contribution in [0.3, 0.4) is 0 Å². The smallest absolute Gasteiger partial charge is 0.00178 e. The van der Waals surface area contributed by atoms with E-state index < -0.39 is 0 Å². The molecule has 0 bridgehead atoms. The molecule has 0 aromatic heterocycles. The van der Waals surface area contributed by atoms with Crippen molar-refractivity contribution in [3.8, 4) is 0 Å². The fraction of sp³-hybridized carbons (Fsp3) is 0.700. The van der Waals surface area contributed by atoms with Crippen LogP contribution in [0.4, 0.5) is 0 Å². The summed E-state index contributed by atoms with van der Waals surface area (Å²) in [5.41, 5.74) is 1.51. The minimum atomic E-state index is 0.763. The van der Waals surface area contributed by atoms with Gasteiger partial charge in [0.2, 0.25) is 0 Å². The fourth-order valence-corrected chi connectivity index (χ4v) is 3.66. The second-order valence-electron chi connectivity index (χ2n) is 7.23. The molecule has 1 aromatic rings. The van der Waals surface area contributed by atoms with Crippen LogP contribution in [0.25, 0.3) is 0 Å². The third-order valence-electron chi connectivity index (χ3n) is 4.92. The maximum absolute atomic E-state index is 3.71. The Kier molecular flexibility index (Phi) is 7.29. The number of benzene rings is 1. The minimum absolute atomic E-state index is 0.763. The van der Waals surface area contributed by atoms with Crippen LogP contribution in [0.5, 0.6) is 0 Å². The van der Waals surface area contributed by atoms with E-state index in [-0.39, 0.29) is 0 Å². The van der Waals surface area contributed by atoms with Gasteiger partial charge in [-0.15, -0.1) is 0 Å². The first kappa shape index (κ1) is 16.5. The quantitative estimate of drug-likeness (QED) is 0.691. The lowest BCUT2D eigenvalue weighted by Crippen LogP contribution is -2.30. The van der Waals surface area contributed by atoms with Crippen molar-refractivity contribution in [3.63, 3.8) is 0 Å². The maximum Gasteiger partial charge on any atom is -0.00178 e. The molecule has 1 aliphatic carbocycles. The van der Waals surface area contributed by atoms with Gasteiger partial charge in [0.05, 0.1) is 0 Å². The van der Waals surface area contributed by atoms with Crippen molar-refractivity contribution in [2.45, 2.75) is 58.8 Å². The Morgan fingerprint density at radius 3 is 2.43 bits per heavy atom. The molecule has 0 spiro atoms. The molecule has 0 saturated heterocycles. The molecule has 1 fully saturated rings. The summed E-state index contributed by atoms with van der Waals surface area (Å²) in [6.07, 6.45) is 9.84. The summed E-state index contributed by atoms with van der Waals surface area (Å²) < 4.78 is 0. The van der Waals surface area contributed by atoms with Crippen molar-refractivity contribution in [2.24, 2.45) is 17.8 Å². The van der Waals surface area contributed by atoms with Crippen molar-refractivity contribution < 1.29 is 0 Å². The Labute approximate surface area is 131 Å². The van der Waals surface area contributed by atoms with Crippen LogP contribution >= 0.6 is 0 Å². The molecule has 1 N–H and O–H groups in total. The lowest BCUT2D eigenvalue weighted by molar-refractivity contribution is 0.280. The van der Waals surface area contributed by atoms with Gasteiger partial charge in [0.15, 0.2) is 0 Å². The van der Waals surface area contributed by atoms with Crippen LogP contribution in [0.1, 0.15) is 57.9 Å². The molecule has 2 atom stereocenters. The lowest BCUT2D eigenvalue weighted by Gasteiger charge is -2.26. The van der Waals surface area contributed by atoms with Crippen molar-refractivity contribution in [3.05, 3.63) is 35.9 Å². The number of hydrogen-bond acceptors (Lipinski definition) is 1. The highest BCUT2D eigenvalue weighted by Crippen LogP contribution is 2.31. The Balaban J connectivity index is 1.83. The maximum atomic E-state index is 3.71. The van der Waals surface area contributed by atoms with Gasteiger partial charge in [0.1, 0.15) is 0 Å². The number of nitrogens with one attached hydrogen (secondary N) is 1. The summed E-state index contributed by atoms with van der Waals surface area (Å²) >= 11 is 0. The van der Waals surface area contributed by atoms with Crippen molar-refractivity contribution in [1.29, 1.82) is 0 Å². The SMILES string of the molecule is CC(C)CNCC1CCCCCC1CCc1ccccc1. The predicted octanol–water partition coefficient (Wildman–Crippen LogP) is 5.06. The second-order valence-corrected chi connectivity index (χ2v) is 7.23. The van der Waals surface area contributed by atoms with Crippen molar-refractivity contribution >= 4 is 0 Å². The van der Waals surface area contributed by atoms with E-state index in [1.165, 1.54) is 63.6 Å². The minimum Gasteiger partial charge on any atom is -0.316 e. The topological polar surface area (TPSA) is 12.0 Å². The highest BCUT2D eigenvalue weighted by Gasteiger charge is 2.23. The first-order valence-corrected chi connectivity index (χ1v) is 9.00. The summed E-state index contributed by atoms with van der Waals surface area (Å²) in [6.45, 7) is 7.00. The third-order valence-corrected chi connectivity index (χ3v) is 4.92. The van der Waals surface area contributed by atoms with Gasteiger partial charge in [-0.1, -0.05) is 69.9 Å². The largest absolute Gasteiger partial charge is 0.316 e. The van der Waals surface area contributed by atoms with E-state index in [0.29, 0.717) is 0 Å². The molecule has 0 amide bonds. The first-order valence-electron chi connectivity index (χ1n) is 9.00. The molecule has 0 radical (unpaired) electrons. The molecule has 21 heavy (non-hydrogen) atoms. The average Bonchev–Trinajstić information content (AvgIpc) is 2.71. The van der Waals surface area contributed by atoms with Gasteiger partial charge in [-0.25, -0.2) is 0 Å². The van der Waals surface area contributed by atoms with Gasteiger partial charge in [0.25, 0.3) is 0 Å². The van der Waals surface area contributed by atoms with Crippen LogP contribution in [-0.4, -0.2) is 13.1 Å². The van der Waals surface area contributed by atoms with Gasteiger partial charge in [-0.3, -0.25) is 0 Å². The zero-order valence-corrected chi connectivity index (χ0v) is 14.0. The summed E-state index contributed by atoms with van der Waals surface area (Å²) in [5, 5.41) is 3.71. The van der Waals surface area contributed by atoms with Crippen molar-refractivity contribution in [1.82, 2.24) is 5.32 Å². The summed E-state index contributed by atoms with van der Waals surface area (Å²) in [7, 11) is 0. The molecule has 1 aliphatic rings. The number of rotatable bonds is 7. The van der Waals surface area contributed by atoms with Crippen LogP contribution in [0.2, 0.25) is 0 Å². The highest BCUT2D eigenvalue weighted by atomic mass is 14.9. The Morgan fingerprint density at radius 2 is 1.71 bits per heavy atom. The average molecular weight is 287 g/mol. The molecule has 0 aliphatic heterocycles. The Hall–Kier alpha value is -0.820. The molecule has 2 rings (SSSR count). The summed E-state index contributed by atoms with van der Waals surface area (Å²) in [4.78, 5) is 0. The molecule has 2 unspecified atom stereocenters. The van der Waals surface area contributed by atoms with Gasteiger partial charge < -0.3 is 5.32 Å². The molecular formula is C20H33N. The van der Waals surface area contributed by atoms with E-state index in [4.69, 9.17) is 0 Å². The number of aryl methyl sites for hydroxylation is 1. The van der Waals surface area contributed by atoms with E-state index >= 15 is 0 Å². The van der Waals surface area contributed by atoms with E-state index in [0.717, 1.165) is 17.8 Å². The van der Waals surface area contributed by atoms with E-state index in [1.807, 2.05) is 0 Å². The Bertz CT molecular complexity index is 371. The van der Waals surface area contributed by atoms with Gasteiger partial charge in [-0.05, 0) is 55.7 Å². The van der Waals surface area contributed by atoms with Crippen LogP contribution in [0.15, 0.2) is 30.3 Å². The zero-order chi connectivity index (χ0) is 14.9. The third kappa shape index (κ3) is 6.22. The van der Waals surface area contributed by atoms with Crippen LogP contribution in [-0.2, 0) is 6.42 Å².